The lowest BCUT2D eigenvalue weighted by Crippen LogP contribution is -2.60. The van der Waals surface area contributed by atoms with Gasteiger partial charge in [-0.2, -0.15) is 0 Å². The molecule has 4 aromatic carbocycles. The van der Waals surface area contributed by atoms with Gasteiger partial charge in [0, 0.05) is 30.6 Å². The van der Waals surface area contributed by atoms with Crippen LogP contribution in [0.2, 0.25) is 0 Å². The first-order chi connectivity index (χ1) is 28.5. The third-order valence-electron chi connectivity index (χ3n) is 9.78. The van der Waals surface area contributed by atoms with E-state index in [1.165, 1.54) is 18.3 Å². The number of carboxylic acid groups (broad SMARTS) is 1. The number of rotatable bonds is 10. The number of aliphatic carboxylic acids is 1. The number of amides is 5. The van der Waals surface area contributed by atoms with Gasteiger partial charge in [-0.3, -0.25) is 28.8 Å². The molecule has 2 aliphatic heterocycles. The topological polar surface area (TPSA) is 192 Å². The summed E-state index contributed by atoms with van der Waals surface area (Å²) in [5, 5.41) is 25.0. The number of carbonyl (C=O) groups excluding carboxylic acids is 5. The average Bonchev–Trinajstić information content (AvgIpc) is 3.76. The zero-order valence-corrected chi connectivity index (χ0v) is 33.1. The minimum Gasteiger partial charge on any atom is -0.484 e. The average molecular weight is 816 g/mol. The predicted molar refractivity (Wildman–Crippen MR) is 222 cm³/mol. The normalized spacial score (nSPS) is 19.6. The summed E-state index contributed by atoms with van der Waals surface area (Å²) in [6.07, 6.45) is 0.154. The number of benzene rings is 4. The monoisotopic (exact) mass is 815 g/mol. The second-order valence-corrected chi connectivity index (χ2v) is 15.3. The Morgan fingerprint density at radius 1 is 0.678 bits per heavy atom. The molecule has 5 atom stereocenters. The molecular weight excluding hydrogens is 771 g/mol. The molecule has 59 heavy (non-hydrogen) atoms. The van der Waals surface area contributed by atoms with Crippen molar-refractivity contribution in [1.29, 1.82) is 0 Å². The van der Waals surface area contributed by atoms with E-state index in [1.807, 2.05) is 78.2 Å². The first-order valence-corrected chi connectivity index (χ1v) is 20.0. The van der Waals surface area contributed by atoms with Crippen molar-refractivity contribution in [3.05, 3.63) is 148 Å². The van der Waals surface area contributed by atoms with Crippen LogP contribution < -0.4 is 31.3 Å². The van der Waals surface area contributed by atoms with Crippen molar-refractivity contribution in [2.75, 3.05) is 6.61 Å². The Bertz CT molecular complexity index is 2220. The molecule has 3 heterocycles. The van der Waals surface area contributed by atoms with Crippen LogP contribution in [0.25, 0.3) is 11.1 Å². The molecule has 6 N–H and O–H groups in total. The first kappa shape index (κ1) is 41.8. The standard InChI is InChI=1S/C45H45N5O8S/c1-28(45(56)57)46-41(52)36-25-31-16-20-34(21-17-31)58-27-40(51)47-39(26-35-13-8-22-59-35)44(55)50-38(24-30-14-18-33(19-15-30)32-11-6-3-7-12-32)43(54)49-37(42(53)48-36)23-29-9-4-2-5-10-29/h2-22,28,36-39H,23-27H2,1H3,(H,46,52)(H,47,51)(H,48,53)(H,49,54)(H,50,55)(H,56,57)/t28-,36+,37+,38+,39+/m1/s1. The van der Waals surface area contributed by atoms with Crippen molar-refractivity contribution in [3.8, 4) is 16.9 Å². The van der Waals surface area contributed by atoms with E-state index in [0.717, 1.165) is 16.0 Å². The Hall–Kier alpha value is -6.80. The van der Waals surface area contributed by atoms with Crippen molar-refractivity contribution in [1.82, 2.24) is 26.6 Å². The molecule has 13 nitrogen and oxygen atoms in total. The van der Waals surface area contributed by atoms with E-state index >= 15 is 0 Å². The van der Waals surface area contributed by atoms with Gasteiger partial charge in [0.1, 0.15) is 36.0 Å². The lowest BCUT2D eigenvalue weighted by molar-refractivity contribution is -0.141. The van der Waals surface area contributed by atoms with Crippen molar-refractivity contribution in [3.63, 3.8) is 0 Å². The number of carbonyl (C=O) groups is 6. The zero-order valence-electron chi connectivity index (χ0n) is 32.3. The molecule has 14 heteroatoms. The van der Waals surface area contributed by atoms with Crippen molar-refractivity contribution >= 4 is 46.8 Å². The van der Waals surface area contributed by atoms with E-state index < -0.39 is 72.3 Å². The summed E-state index contributed by atoms with van der Waals surface area (Å²) >= 11 is 1.42. The third kappa shape index (κ3) is 12.1. The van der Waals surface area contributed by atoms with E-state index in [0.29, 0.717) is 22.4 Å². The largest absolute Gasteiger partial charge is 0.484 e. The maximum Gasteiger partial charge on any atom is 0.325 e. The van der Waals surface area contributed by atoms with Gasteiger partial charge in [0.25, 0.3) is 5.91 Å². The van der Waals surface area contributed by atoms with E-state index in [4.69, 9.17) is 4.74 Å². The van der Waals surface area contributed by atoms with Crippen LogP contribution >= 0.6 is 11.3 Å². The minimum absolute atomic E-state index is 0.0216. The fourth-order valence-electron chi connectivity index (χ4n) is 6.55. The highest BCUT2D eigenvalue weighted by atomic mass is 32.1. The summed E-state index contributed by atoms with van der Waals surface area (Å²) in [6.45, 7) is 0.891. The van der Waals surface area contributed by atoms with Gasteiger partial charge in [0.15, 0.2) is 6.61 Å². The molecule has 5 amide bonds. The van der Waals surface area contributed by atoms with Crippen molar-refractivity contribution in [2.24, 2.45) is 0 Å². The van der Waals surface area contributed by atoms with Crippen LogP contribution in [0.15, 0.2) is 127 Å². The molecule has 5 aromatic rings. The van der Waals surface area contributed by atoms with Gasteiger partial charge < -0.3 is 36.4 Å². The number of thiophene rings is 1. The number of hydrogen-bond donors (Lipinski definition) is 6. The van der Waals surface area contributed by atoms with Crippen LogP contribution in [-0.2, 0) is 54.5 Å². The Morgan fingerprint density at radius 2 is 1.24 bits per heavy atom. The summed E-state index contributed by atoms with van der Waals surface area (Å²) in [5.41, 5.74) is 3.97. The Balaban J connectivity index is 1.36. The van der Waals surface area contributed by atoms with Crippen LogP contribution in [0.3, 0.4) is 0 Å². The Morgan fingerprint density at radius 3 is 1.83 bits per heavy atom. The van der Waals surface area contributed by atoms with Gasteiger partial charge in [-0.1, -0.05) is 103 Å². The smallest absolute Gasteiger partial charge is 0.325 e. The van der Waals surface area contributed by atoms with Gasteiger partial charge in [-0.05, 0) is 58.3 Å². The third-order valence-corrected chi connectivity index (χ3v) is 10.7. The van der Waals surface area contributed by atoms with Gasteiger partial charge in [-0.25, -0.2) is 0 Å². The highest BCUT2D eigenvalue weighted by molar-refractivity contribution is 7.09. The zero-order chi connectivity index (χ0) is 41.7. The minimum atomic E-state index is -1.26. The first-order valence-electron chi connectivity index (χ1n) is 19.2. The van der Waals surface area contributed by atoms with Crippen LogP contribution in [0.1, 0.15) is 28.5 Å². The van der Waals surface area contributed by atoms with E-state index in [-0.39, 0.29) is 25.7 Å². The summed E-state index contributed by atoms with van der Waals surface area (Å²) < 4.78 is 5.74. The number of carboxylic acids is 1. The van der Waals surface area contributed by atoms with Crippen LogP contribution in [0.4, 0.5) is 0 Å². The van der Waals surface area contributed by atoms with Gasteiger partial charge in [-0.15, -0.1) is 11.3 Å². The number of fused-ring (bicyclic) bond motifs is 16. The molecule has 0 aliphatic carbocycles. The van der Waals surface area contributed by atoms with E-state index in [2.05, 4.69) is 26.6 Å². The van der Waals surface area contributed by atoms with Gasteiger partial charge in [0.2, 0.25) is 23.6 Å². The molecule has 2 aliphatic rings. The number of ether oxygens (including phenoxy) is 1. The van der Waals surface area contributed by atoms with E-state index in [1.54, 1.807) is 48.5 Å². The molecule has 7 rings (SSSR count). The van der Waals surface area contributed by atoms with E-state index in [9.17, 15) is 33.9 Å². The maximum absolute atomic E-state index is 14.5. The molecule has 304 valence electrons. The van der Waals surface area contributed by atoms with Crippen LogP contribution in [0.5, 0.6) is 5.75 Å². The second-order valence-electron chi connectivity index (χ2n) is 14.2. The Kier molecular flexibility index (Phi) is 14.2. The fraction of sp³-hybridized carbons (Fsp3) is 0.244. The van der Waals surface area contributed by atoms with Crippen LogP contribution in [-0.4, -0.2) is 77.4 Å². The van der Waals surface area contributed by atoms with Crippen molar-refractivity contribution < 1.29 is 38.6 Å². The maximum atomic E-state index is 14.5. The number of nitrogens with one attached hydrogen (secondary N) is 5. The summed E-state index contributed by atoms with van der Waals surface area (Å²) in [5.74, 6) is -4.25. The SMILES string of the molecule is C[C@@H](NC(=O)[C@@H]1Cc2ccc(cc2)OCC(=O)N[C@@H](Cc2cccs2)C(=O)N[C@@H](Cc2ccc(-c3ccccc3)cc2)C(=O)N[C@@H](Cc2ccccc2)C(=O)N1)C(=O)O. The molecular formula is C45H45N5O8S. The molecule has 0 spiro atoms. The van der Waals surface area contributed by atoms with Crippen molar-refractivity contribution in [2.45, 2.75) is 62.8 Å². The highest BCUT2D eigenvalue weighted by Crippen LogP contribution is 2.21. The summed E-state index contributed by atoms with van der Waals surface area (Å²) in [4.78, 5) is 82.3. The summed E-state index contributed by atoms with van der Waals surface area (Å²) in [7, 11) is 0. The lowest BCUT2D eigenvalue weighted by atomic mass is 9.99. The quantitative estimate of drug-likeness (QED) is 0.115. The molecule has 0 fully saturated rings. The van der Waals surface area contributed by atoms with Gasteiger partial charge in [0.05, 0.1) is 0 Å². The highest BCUT2D eigenvalue weighted by Gasteiger charge is 2.33. The second kappa shape index (κ2) is 20.1. The molecule has 0 radical (unpaired) electrons. The van der Waals surface area contributed by atoms with Crippen LogP contribution in [0, 0.1) is 0 Å². The lowest BCUT2D eigenvalue weighted by Gasteiger charge is -2.27. The molecule has 0 unspecified atom stereocenters. The molecule has 0 saturated carbocycles. The Labute approximate surface area is 345 Å². The molecule has 2 bridgehead atoms. The molecule has 1 aromatic heterocycles. The van der Waals surface area contributed by atoms with Gasteiger partial charge >= 0.3 is 5.97 Å². The predicted octanol–water partition coefficient (Wildman–Crippen LogP) is 3.61. The summed E-state index contributed by atoms with van der Waals surface area (Å²) in [6, 6.07) is 30.4. The fourth-order valence-corrected chi connectivity index (χ4v) is 7.30. The molecule has 0 saturated heterocycles. The number of hydrogen-bond acceptors (Lipinski definition) is 8.